The first-order chi connectivity index (χ1) is 7.70. The highest BCUT2D eigenvalue weighted by atomic mass is 16.3. The number of hydrogen-bond donors (Lipinski definition) is 2. The van der Waals surface area contributed by atoms with E-state index in [2.05, 4.69) is 0 Å². The molecule has 0 radical (unpaired) electrons. The lowest BCUT2D eigenvalue weighted by atomic mass is 9.92. The molecule has 2 rings (SSSR count). The van der Waals surface area contributed by atoms with E-state index < -0.39 is 0 Å². The quantitative estimate of drug-likeness (QED) is 0.753. The van der Waals surface area contributed by atoms with E-state index in [0.29, 0.717) is 0 Å². The van der Waals surface area contributed by atoms with Crippen molar-refractivity contribution in [2.75, 3.05) is 0 Å². The van der Waals surface area contributed by atoms with Gasteiger partial charge in [0.25, 0.3) is 0 Å². The minimum atomic E-state index is -0.0692. The van der Waals surface area contributed by atoms with Gasteiger partial charge in [-0.1, -0.05) is 49.4 Å². The molecule has 2 aromatic carbocycles. The summed E-state index contributed by atoms with van der Waals surface area (Å²) in [5.41, 5.74) is 1.86. The summed E-state index contributed by atoms with van der Waals surface area (Å²) in [6.45, 7) is 2.00. The molecule has 2 nitrogen and oxygen atoms in total. The zero-order valence-corrected chi connectivity index (χ0v) is 9.09. The molecule has 1 atom stereocenters. The fourth-order valence-electron chi connectivity index (χ4n) is 1.82. The van der Waals surface area contributed by atoms with Crippen molar-refractivity contribution < 1.29 is 10.2 Å². The van der Waals surface area contributed by atoms with Gasteiger partial charge in [-0.2, -0.15) is 0 Å². The lowest BCUT2D eigenvalue weighted by Gasteiger charge is -2.14. The van der Waals surface area contributed by atoms with Crippen LogP contribution in [0.5, 0.6) is 11.5 Å². The molecule has 16 heavy (non-hydrogen) atoms. The smallest absolute Gasteiger partial charge is 0.161 e. The normalized spacial score (nSPS) is 12.3. The summed E-state index contributed by atoms with van der Waals surface area (Å²) in [7, 11) is 0. The van der Waals surface area contributed by atoms with E-state index >= 15 is 0 Å². The Kier molecular flexibility index (Phi) is 2.82. The second kappa shape index (κ2) is 4.27. The Hall–Kier alpha value is -1.96. The Bertz CT molecular complexity index is 477. The van der Waals surface area contributed by atoms with Crippen molar-refractivity contribution >= 4 is 0 Å². The average Bonchev–Trinajstić information content (AvgIpc) is 2.33. The summed E-state index contributed by atoms with van der Waals surface area (Å²) < 4.78 is 0. The molecule has 2 aromatic rings. The summed E-state index contributed by atoms with van der Waals surface area (Å²) >= 11 is 0. The highest BCUT2D eigenvalue weighted by Gasteiger charge is 2.14. The Morgan fingerprint density at radius 3 is 2.25 bits per heavy atom. The summed E-state index contributed by atoms with van der Waals surface area (Å²) in [6, 6.07) is 14.9. The van der Waals surface area contributed by atoms with Gasteiger partial charge in [0.05, 0.1) is 0 Å². The van der Waals surface area contributed by atoms with Crippen LogP contribution >= 0.6 is 0 Å². The molecular weight excluding hydrogens is 200 g/mol. The SMILES string of the molecule is CC(c1ccccc1)c1cccc(O)c1O. The Morgan fingerprint density at radius 2 is 1.56 bits per heavy atom. The van der Waals surface area contributed by atoms with Crippen LogP contribution < -0.4 is 0 Å². The van der Waals surface area contributed by atoms with Crippen molar-refractivity contribution in [3.8, 4) is 11.5 Å². The third kappa shape index (κ3) is 1.87. The van der Waals surface area contributed by atoms with Crippen LogP contribution in [0.1, 0.15) is 24.0 Å². The van der Waals surface area contributed by atoms with Gasteiger partial charge < -0.3 is 10.2 Å². The molecular formula is C14H14O2. The third-order valence-electron chi connectivity index (χ3n) is 2.81. The summed E-state index contributed by atoms with van der Waals surface area (Å²) in [5.74, 6) is -0.0348. The van der Waals surface area contributed by atoms with E-state index in [4.69, 9.17) is 0 Å². The molecule has 0 fully saturated rings. The minimum absolute atomic E-state index is 0.0288. The maximum atomic E-state index is 9.78. The van der Waals surface area contributed by atoms with Crippen molar-refractivity contribution in [1.82, 2.24) is 0 Å². The number of para-hydroxylation sites is 1. The van der Waals surface area contributed by atoms with E-state index in [1.807, 2.05) is 43.3 Å². The molecule has 2 heteroatoms. The number of rotatable bonds is 2. The van der Waals surface area contributed by atoms with Gasteiger partial charge in [-0.25, -0.2) is 0 Å². The molecule has 0 bridgehead atoms. The van der Waals surface area contributed by atoms with Crippen molar-refractivity contribution in [3.05, 3.63) is 59.7 Å². The first-order valence-electron chi connectivity index (χ1n) is 5.26. The van der Waals surface area contributed by atoms with Gasteiger partial charge in [0, 0.05) is 11.5 Å². The number of phenols is 2. The van der Waals surface area contributed by atoms with Gasteiger partial charge in [0.1, 0.15) is 0 Å². The van der Waals surface area contributed by atoms with E-state index in [1.54, 1.807) is 6.07 Å². The number of phenolic OH excluding ortho intramolecular Hbond substituents is 2. The largest absolute Gasteiger partial charge is 0.504 e. The summed E-state index contributed by atoms with van der Waals surface area (Å²) in [6.07, 6.45) is 0. The molecule has 0 saturated heterocycles. The Labute approximate surface area is 94.8 Å². The predicted octanol–water partition coefficient (Wildman–Crippen LogP) is 3.25. The van der Waals surface area contributed by atoms with Crippen LogP contribution in [-0.2, 0) is 0 Å². The van der Waals surface area contributed by atoms with E-state index in [-0.39, 0.29) is 17.4 Å². The lowest BCUT2D eigenvalue weighted by Crippen LogP contribution is -1.96. The lowest BCUT2D eigenvalue weighted by molar-refractivity contribution is 0.398. The molecule has 0 amide bonds. The van der Waals surface area contributed by atoms with E-state index in [1.165, 1.54) is 6.07 Å². The summed E-state index contributed by atoms with van der Waals surface area (Å²) in [5, 5.41) is 19.2. The number of hydrogen-bond acceptors (Lipinski definition) is 2. The number of benzene rings is 2. The minimum Gasteiger partial charge on any atom is -0.504 e. The topological polar surface area (TPSA) is 40.5 Å². The standard InChI is InChI=1S/C14H14O2/c1-10(11-6-3-2-4-7-11)12-8-5-9-13(15)14(12)16/h2-10,15-16H,1H3. The Morgan fingerprint density at radius 1 is 0.875 bits per heavy atom. The Balaban J connectivity index is 2.42. The molecule has 82 valence electrons. The van der Waals surface area contributed by atoms with Crippen molar-refractivity contribution in [3.63, 3.8) is 0 Å². The van der Waals surface area contributed by atoms with Gasteiger partial charge in [-0.3, -0.25) is 0 Å². The van der Waals surface area contributed by atoms with Crippen LogP contribution in [0.4, 0.5) is 0 Å². The second-order valence-electron chi connectivity index (χ2n) is 3.85. The molecule has 2 N–H and O–H groups in total. The van der Waals surface area contributed by atoms with Crippen molar-refractivity contribution in [2.45, 2.75) is 12.8 Å². The van der Waals surface area contributed by atoms with Crippen LogP contribution in [0.2, 0.25) is 0 Å². The fourth-order valence-corrected chi connectivity index (χ4v) is 1.82. The first-order valence-corrected chi connectivity index (χ1v) is 5.26. The van der Waals surface area contributed by atoms with Crippen LogP contribution in [-0.4, -0.2) is 10.2 Å². The van der Waals surface area contributed by atoms with Crippen molar-refractivity contribution in [2.24, 2.45) is 0 Å². The third-order valence-corrected chi connectivity index (χ3v) is 2.81. The molecule has 0 heterocycles. The molecule has 0 spiro atoms. The average molecular weight is 214 g/mol. The number of aromatic hydroxyl groups is 2. The zero-order valence-electron chi connectivity index (χ0n) is 9.09. The van der Waals surface area contributed by atoms with Crippen LogP contribution in [0, 0.1) is 0 Å². The molecule has 0 aromatic heterocycles. The van der Waals surface area contributed by atoms with E-state index in [9.17, 15) is 10.2 Å². The van der Waals surface area contributed by atoms with Crippen LogP contribution in [0.3, 0.4) is 0 Å². The maximum absolute atomic E-state index is 9.78. The first kappa shape index (κ1) is 10.6. The maximum Gasteiger partial charge on any atom is 0.161 e. The molecule has 0 aliphatic carbocycles. The molecule has 0 aliphatic heterocycles. The van der Waals surface area contributed by atoms with E-state index in [0.717, 1.165) is 11.1 Å². The van der Waals surface area contributed by atoms with Crippen LogP contribution in [0.15, 0.2) is 48.5 Å². The monoisotopic (exact) mass is 214 g/mol. The predicted molar refractivity (Wildman–Crippen MR) is 63.7 cm³/mol. The van der Waals surface area contributed by atoms with Gasteiger partial charge in [0.2, 0.25) is 0 Å². The van der Waals surface area contributed by atoms with Gasteiger partial charge in [-0.05, 0) is 11.6 Å². The fraction of sp³-hybridized carbons (Fsp3) is 0.143. The molecule has 0 saturated carbocycles. The molecule has 0 aliphatic rings. The summed E-state index contributed by atoms with van der Waals surface area (Å²) in [4.78, 5) is 0. The van der Waals surface area contributed by atoms with Gasteiger partial charge >= 0.3 is 0 Å². The zero-order chi connectivity index (χ0) is 11.5. The van der Waals surface area contributed by atoms with Gasteiger partial charge in [-0.15, -0.1) is 0 Å². The van der Waals surface area contributed by atoms with Crippen molar-refractivity contribution in [1.29, 1.82) is 0 Å². The van der Waals surface area contributed by atoms with Gasteiger partial charge in [0.15, 0.2) is 11.5 Å². The highest BCUT2D eigenvalue weighted by Crippen LogP contribution is 2.36. The molecule has 1 unspecified atom stereocenters. The highest BCUT2D eigenvalue weighted by molar-refractivity contribution is 5.48. The van der Waals surface area contributed by atoms with Crippen LogP contribution in [0.25, 0.3) is 0 Å². The second-order valence-corrected chi connectivity index (χ2v) is 3.85.